The molecule has 0 radical (unpaired) electrons. The Bertz CT molecular complexity index is 495. The van der Waals surface area contributed by atoms with E-state index in [-0.39, 0.29) is 22.9 Å². The number of carbonyl (C=O) groups excluding carboxylic acids is 2. The Kier molecular flexibility index (Phi) is 4.91. The molecular formula is C13H17ClN2O3. The van der Waals surface area contributed by atoms with E-state index in [9.17, 15) is 9.59 Å². The lowest BCUT2D eigenvalue weighted by Gasteiger charge is -2.17. The molecule has 19 heavy (non-hydrogen) atoms. The van der Waals surface area contributed by atoms with Gasteiger partial charge in [0, 0.05) is 17.6 Å². The van der Waals surface area contributed by atoms with Crippen LogP contribution in [0.1, 0.15) is 30.6 Å². The first kappa shape index (κ1) is 15.5. The minimum atomic E-state index is -0.596. The topological polar surface area (TPSA) is 81.4 Å². The number of amides is 1. The van der Waals surface area contributed by atoms with E-state index in [0.717, 1.165) is 0 Å². The van der Waals surface area contributed by atoms with Crippen molar-refractivity contribution in [3.63, 3.8) is 0 Å². The van der Waals surface area contributed by atoms with Crippen molar-refractivity contribution in [2.24, 2.45) is 5.73 Å². The molecule has 3 N–H and O–H groups in total. The number of rotatable bonds is 4. The molecule has 0 aliphatic carbocycles. The maximum Gasteiger partial charge on any atom is 0.339 e. The minimum absolute atomic E-state index is 0.170. The van der Waals surface area contributed by atoms with E-state index < -0.39 is 11.5 Å². The number of methoxy groups -OCH3 is 1. The first-order valence-corrected chi connectivity index (χ1v) is 6.07. The van der Waals surface area contributed by atoms with Gasteiger partial charge in [-0.1, -0.05) is 11.6 Å². The lowest BCUT2D eigenvalue weighted by atomic mass is 10.0. The first-order valence-electron chi connectivity index (χ1n) is 5.69. The largest absolute Gasteiger partial charge is 0.465 e. The van der Waals surface area contributed by atoms with Gasteiger partial charge >= 0.3 is 5.97 Å². The molecule has 6 heteroatoms. The van der Waals surface area contributed by atoms with Crippen LogP contribution < -0.4 is 11.1 Å². The van der Waals surface area contributed by atoms with E-state index in [0.29, 0.717) is 5.69 Å². The molecular weight excluding hydrogens is 268 g/mol. The van der Waals surface area contributed by atoms with Gasteiger partial charge in [0.25, 0.3) is 0 Å². The highest BCUT2D eigenvalue weighted by Gasteiger charge is 2.17. The maximum atomic E-state index is 11.7. The minimum Gasteiger partial charge on any atom is -0.465 e. The number of esters is 1. The molecule has 0 unspecified atom stereocenters. The van der Waals surface area contributed by atoms with Crippen molar-refractivity contribution in [3.05, 3.63) is 28.8 Å². The number of nitrogens with one attached hydrogen (secondary N) is 1. The Labute approximate surface area is 117 Å². The highest BCUT2D eigenvalue weighted by Crippen LogP contribution is 2.21. The fourth-order valence-corrected chi connectivity index (χ4v) is 1.68. The van der Waals surface area contributed by atoms with Gasteiger partial charge in [0.15, 0.2) is 0 Å². The Balaban J connectivity index is 2.86. The van der Waals surface area contributed by atoms with Crippen molar-refractivity contribution < 1.29 is 14.3 Å². The second kappa shape index (κ2) is 6.04. The maximum absolute atomic E-state index is 11.7. The summed E-state index contributed by atoms with van der Waals surface area (Å²) in [6.45, 7) is 3.52. The molecule has 0 saturated heterocycles. The molecule has 0 saturated carbocycles. The van der Waals surface area contributed by atoms with Crippen LogP contribution in [0, 0.1) is 0 Å². The molecule has 1 aromatic rings. The summed E-state index contributed by atoms with van der Waals surface area (Å²) in [5.41, 5.74) is 5.84. The number of ether oxygens (including phenoxy) is 1. The number of halogens is 1. The van der Waals surface area contributed by atoms with E-state index >= 15 is 0 Å². The predicted octanol–water partition coefficient (Wildman–Crippen LogP) is 2.19. The number of hydrogen-bond donors (Lipinski definition) is 2. The van der Waals surface area contributed by atoms with E-state index in [4.69, 9.17) is 17.3 Å². The van der Waals surface area contributed by atoms with Crippen LogP contribution in [0.2, 0.25) is 5.02 Å². The van der Waals surface area contributed by atoms with Crippen LogP contribution in [0.3, 0.4) is 0 Å². The zero-order valence-electron chi connectivity index (χ0n) is 11.1. The Morgan fingerprint density at radius 3 is 2.58 bits per heavy atom. The van der Waals surface area contributed by atoms with Gasteiger partial charge in [-0.2, -0.15) is 0 Å². The van der Waals surface area contributed by atoms with Gasteiger partial charge in [-0.25, -0.2) is 4.79 Å². The number of carbonyl (C=O) groups is 2. The van der Waals surface area contributed by atoms with Crippen molar-refractivity contribution >= 4 is 29.2 Å². The summed E-state index contributed by atoms with van der Waals surface area (Å²) < 4.78 is 4.60. The lowest BCUT2D eigenvalue weighted by Crippen LogP contribution is -2.36. The Morgan fingerprint density at radius 1 is 1.42 bits per heavy atom. The highest BCUT2D eigenvalue weighted by molar-refractivity contribution is 6.33. The van der Waals surface area contributed by atoms with Crippen molar-refractivity contribution in [3.8, 4) is 0 Å². The van der Waals surface area contributed by atoms with E-state index in [1.54, 1.807) is 19.9 Å². The third-order valence-electron chi connectivity index (χ3n) is 2.27. The number of nitrogens with two attached hydrogens (primary N) is 1. The molecule has 0 spiro atoms. The molecule has 0 atom stereocenters. The summed E-state index contributed by atoms with van der Waals surface area (Å²) in [5.74, 6) is -0.786. The van der Waals surface area contributed by atoms with Crippen LogP contribution in [0.4, 0.5) is 5.69 Å². The SMILES string of the molecule is COC(=O)c1cc(NC(=O)CC(C)(C)N)ccc1Cl. The van der Waals surface area contributed by atoms with Gasteiger partial charge in [0.2, 0.25) is 5.91 Å². The number of anilines is 1. The quantitative estimate of drug-likeness (QED) is 0.831. The molecule has 1 aromatic carbocycles. The summed E-state index contributed by atoms with van der Waals surface area (Å²) in [4.78, 5) is 23.2. The van der Waals surface area contributed by atoms with Gasteiger partial charge < -0.3 is 15.8 Å². The average molecular weight is 285 g/mol. The second-order valence-electron chi connectivity index (χ2n) is 4.90. The van der Waals surface area contributed by atoms with E-state index in [1.807, 2.05) is 0 Å². The molecule has 104 valence electrons. The third-order valence-corrected chi connectivity index (χ3v) is 2.60. The van der Waals surface area contributed by atoms with Crippen molar-refractivity contribution in [1.82, 2.24) is 0 Å². The van der Waals surface area contributed by atoms with Crippen LogP contribution in [0.5, 0.6) is 0 Å². The van der Waals surface area contributed by atoms with Crippen molar-refractivity contribution in [2.45, 2.75) is 25.8 Å². The van der Waals surface area contributed by atoms with Gasteiger partial charge in [-0.05, 0) is 32.0 Å². The normalized spacial score (nSPS) is 11.0. The molecule has 1 amide bonds. The fraction of sp³-hybridized carbons (Fsp3) is 0.385. The van der Waals surface area contributed by atoms with E-state index in [2.05, 4.69) is 10.1 Å². The Hall–Kier alpha value is -1.59. The zero-order chi connectivity index (χ0) is 14.6. The van der Waals surface area contributed by atoms with Crippen LogP contribution in [-0.2, 0) is 9.53 Å². The molecule has 0 bridgehead atoms. The number of benzene rings is 1. The monoisotopic (exact) mass is 284 g/mol. The number of hydrogen-bond acceptors (Lipinski definition) is 4. The molecule has 0 aromatic heterocycles. The van der Waals surface area contributed by atoms with Crippen LogP contribution in [-0.4, -0.2) is 24.5 Å². The zero-order valence-corrected chi connectivity index (χ0v) is 11.9. The average Bonchev–Trinajstić information content (AvgIpc) is 2.28. The van der Waals surface area contributed by atoms with Gasteiger partial charge in [-0.15, -0.1) is 0 Å². The molecule has 0 fully saturated rings. The Morgan fingerprint density at radius 2 is 2.05 bits per heavy atom. The smallest absolute Gasteiger partial charge is 0.339 e. The molecule has 5 nitrogen and oxygen atoms in total. The molecule has 0 heterocycles. The summed E-state index contributed by atoms with van der Waals surface area (Å²) in [6.07, 6.45) is 0.170. The van der Waals surface area contributed by atoms with Crippen molar-refractivity contribution in [1.29, 1.82) is 0 Å². The molecule has 0 aliphatic heterocycles. The van der Waals surface area contributed by atoms with Crippen LogP contribution in [0.25, 0.3) is 0 Å². The van der Waals surface area contributed by atoms with E-state index in [1.165, 1.54) is 19.2 Å². The molecule has 1 rings (SSSR count). The summed E-state index contributed by atoms with van der Waals surface area (Å²) in [7, 11) is 1.26. The van der Waals surface area contributed by atoms with Gasteiger partial charge in [0.05, 0.1) is 17.7 Å². The highest BCUT2D eigenvalue weighted by atomic mass is 35.5. The fourth-order valence-electron chi connectivity index (χ4n) is 1.49. The van der Waals surface area contributed by atoms with Gasteiger partial charge in [0.1, 0.15) is 0 Å². The molecule has 0 aliphatic rings. The predicted molar refractivity (Wildman–Crippen MR) is 74.3 cm³/mol. The standard InChI is InChI=1S/C13H17ClN2O3/c1-13(2,15)7-11(17)16-8-4-5-10(14)9(6-8)12(18)19-3/h4-6H,7,15H2,1-3H3,(H,16,17). The summed E-state index contributed by atoms with van der Waals surface area (Å²) >= 11 is 5.88. The summed E-state index contributed by atoms with van der Waals surface area (Å²) in [5, 5.41) is 2.93. The van der Waals surface area contributed by atoms with Crippen LogP contribution >= 0.6 is 11.6 Å². The van der Waals surface area contributed by atoms with Crippen molar-refractivity contribution in [2.75, 3.05) is 12.4 Å². The first-order chi connectivity index (χ1) is 8.73. The van der Waals surface area contributed by atoms with Crippen LogP contribution in [0.15, 0.2) is 18.2 Å². The lowest BCUT2D eigenvalue weighted by molar-refractivity contribution is -0.117. The van der Waals surface area contributed by atoms with Gasteiger partial charge in [-0.3, -0.25) is 4.79 Å². The second-order valence-corrected chi connectivity index (χ2v) is 5.31. The summed E-state index contributed by atoms with van der Waals surface area (Å²) in [6, 6.07) is 4.60. The third kappa shape index (κ3) is 4.89.